The first kappa shape index (κ1) is 11.5. The van der Waals surface area contributed by atoms with Crippen LogP contribution in [0, 0.1) is 5.92 Å². The molecular weight excluding hydrogens is 208 g/mol. The summed E-state index contributed by atoms with van der Waals surface area (Å²) in [6.07, 6.45) is 7.07. The molecule has 86 valence electrons. The molecule has 0 unspecified atom stereocenters. The van der Waals surface area contributed by atoms with E-state index in [1.807, 2.05) is 11.8 Å². The molecule has 2 fully saturated rings. The summed E-state index contributed by atoms with van der Waals surface area (Å²) in [6, 6.07) is 0. The lowest BCUT2D eigenvalue weighted by atomic mass is 10.0. The van der Waals surface area contributed by atoms with Crippen LogP contribution in [0.15, 0.2) is 0 Å². The van der Waals surface area contributed by atoms with Gasteiger partial charge in [0.1, 0.15) is 5.78 Å². The highest BCUT2D eigenvalue weighted by atomic mass is 32.2. The van der Waals surface area contributed by atoms with Crippen molar-refractivity contribution >= 4 is 17.5 Å². The standard InChI is InChI=1S/C12H20O2S/c13-12(10-3-1-2-4-10)9-15-11-5-7-14-8-6-11/h10-11H,1-9H2. The Balaban J connectivity index is 1.65. The van der Waals surface area contributed by atoms with E-state index >= 15 is 0 Å². The number of carbonyl (C=O) groups excluding carboxylic acids is 1. The SMILES string of the molecule is O=C(CSC1CCOCC1)C1CCCC1. The lowest BCUT2D eigenvalue weighted by Crippen LogP contribution is -2.21. The first-order chi connectivity index (χ1) is 7.36. The van der Waals surface area contributed by atoms with Gasteiger partial charge in [-0.05, 0) is 25.7 Å². The Bertz CT molecular complexity index is 206. The number of Topliss-reactive ketones (excluding diaryl/α,β-unsaturated/α-hetero) is 1. The second-order valence-electron chi connectivity index (χ2n) is 4.57. The second-order valence-corrected chi connectivity index (χ2v) is 5.86. The van der Waals surface area contributed by atoms with Crippen molar-refractivity contribution in [2.75, 3.05) is 19.0 Å². The van der Waals surface area contributed by atoms with Gasteiger partial charge in [-0.1, -0.05) is 12.8 Å². The summed E-state index contributed by atoms with van der Waals surface area (Å²) in [5, 5.41) is 0.670. The van der Waals surface area contributed by atoms with Gasteiger partial charge >= 0.3 is 0 Å². The third-order valence-corrected chi connectivity index (χ3v) is 4.83. The monoisotopic (exact) mass is 228 g/mol. The maximum atomic E-state index is 11.8. The molecule has 0 N–H and O–H groups in total. The Morgan fingerprint density at radius 1 is 1.13 bits per heavy atom. The van der Waals surface area contributed by atoms with Crippen LogP contribution in [0.3, 0.4) is 0 Å². The van der Waals surface area contributed by atoms with Gasteiger partial charge in [0, 0.05) is 24.4 Å². The fourth-order valence-electron chi connectivity index (χ4n) is 2.41. The van der Waals surface area contributed by atoms with Crippen LogP contribution in [0.5, 0.6) is 0 Å². The van der Waals surface area contributed by atoms with Gasteiger partial charge in [-0.3, -0.25) is 4.79 Å². The minimum Gasteiger partial charge on any atom is -0.381 e. The first-order valence-corrected chi connectivity index (χ1v) is 7.13. The number of ketones is 1. The molecule has 2 aliphatic rings. The van der Waals surface area contributed by atoms with E-state index in [0.29, 0.717) is 17.0 Å². The number of carbonyl (C=O) groups is 1. The summed E-state index contributed by atoms with van der Waals surface area (Å²) >= 11 is 1.86. The maximum absolute atomic E-state index is 11.8. The third kappa shape index (κ3) is 3.49. The quantitative estimate of drug-likeness (QED) is 0.740. The summed E-state index contributed by atoms with van der Waals surface area (Å²) in [4.78, 5) is 11.8. The van der Waals surface area contributed by atoms with Crippen LogP contribution in [0.2, 0.25) is 0 Å². The Morgan fingerprint density at radius 2 is 1.80 bits per heavy atom. The van der Waals surface area contributed by atoms with E-state index in [9.17, 15) is 4.79 Å². The van der Waals surface area contributed by atoms with Crippen LogP contribution in [-0.4, -0.2) is 30.0 Å². The van der Waals surface area contributed by atoms with E-state index in [1.165, 1.54) is 12.8 Å². The summed E-state index contributed by atoms with van der Waals surface area (Å²) in [7, 11) is 0. The van der Waals surface area contributed by atoms with Crippen LogP contribution in [0.25, 0.3) is 0 Å². The smallest absolute Gasteiger partial charge is 0.145 e. The predicted octanol–water partition coefficient (Wildman–Crippen LogP) is 2.66. The first-order valence-electron chi connectivity index (χ1n) is 6.08. The normalized spacial score (nSPS) is 24.5. The lowest BCUT2D eigenvalue weighted by Gasteiger charge is -2.21. The zero-order chi connectivity index (χ0) is 10.5. The molecule has 1 aliphatic carbocycles. The summed E-state index contributed by atoms with van der Waals surface area (Å²) in [5.41, 5.74) is 0. The predicted molar refractivity (Wildman–Crippen MR) is 63.3 cm³/mol. The van der Waals surface area contributed by atoms with Crippen molar-refractivity contribution in [3.05, 3.63) is 0 Å². The third-order valence-electron chi connectivity index (χ3n) is 3.44. The molecule has 0 radical (unpaired) electrons. The van der Waals surface area contributed by atoms with Gasteiger partial charge in [0.25, 0.3) is 0 Å². The molecule has 2 nitrogen and oxygen atoms in total. The maximum Gasteiger partial charge on any atom is 0.145 e. The van der Waals surface area contributed by atoms with Crippen LogP contribution >= 0.6 is 11.8 Å². The van der Waals surface area contributed by atoms with Gasteiger partial charge in [-0.15, -0.1) is 0 Å². The van der Waals surface area contributed by atoms with Crippen molar-refractivity contribution < 1.29 is 9.53 Å². The Hall–Kier alpha value is -0.0200. The molecule has 0 aromatic carbocycles. The van der Waals surface area contributed by atoms with E-state index in [0.717, 1.165) is 44.6 Å². The minimum absolute atomic E-state index is 0.400. The average molecular weight is 228 g/mol. The van der Waals surface area contributed by atoms with E-state index in [-0.39, 0.29) is 0 Å². The van der Waals surface area contributed by atoms with E-state index in [4.69, 9.17) is 4.74 Å². The molecule has 0 amide bonds. The van der Waals surface area contributed by atoms with Gasteiger partial charge in [0.15, 0.2) is 0 Å². The van der Waals surface area contributed by atoms with E-state index < -0.39 is 0 Å². The molecule has 1 aliphatic heterocycles. The number of hydrogen-bond acceptors (Lipinski definition) is 3. The van der Waals surface area contributed by atoms with Gasteiger partial charge in [0.2, 0.25) is 0 Å². The molecule has 2 rings (SSSR count). The molecule has 0 bridgehead atoms. The Morgan fingerprint density at radius 3 is 2.47 bits per heavy atom. The van der Waals surface area contributed by atoms with Crippen LogP contribution in [0.1, 0.15) is 38.5 Å². The number of rotatable bonds is 4. The molecule has 15 heavy (non-hydrogen) atoms. The van der Waals surface area contributed by atoms with E-state index in [2.05, 4.69) is 0 Å². The molecule has 1 saturated carbocycles. The molecule has 0 aromatic heterocycles. The number of thioether (sulfide) groups is 1. The van der Waals surface area contributed by atoms with Gasteiger partial charge in [0.05, 0.1) is 5.75 Å². The molecular formula is C12H20O2S. The second kappa shape index (κ2) is 5.90. The van der Waals surface area contributed by atoms with Crippen molar-refractivity contribution in [1.82, 2.24) is 0 Å². The van der Waals surface area contributed by atoms with Crippen molar-refractivity contribution in [2.45, 2.75) is 43.8 Å². The highest BCUT2D eigenvalue weighted by Crippen LogP contribution is 2.28. The largest absolute Gasteiger partial charge is 0.381 e. The summed E-state index contributed by atoms with van der Waals surface area (Å²) in [5.74, 6) is 1.65. The summed E-state index contributed by atoms with van der Waals surface area (Å²) in [6.45, 7) is 1.77. The van der Waals surface area contributed by atoms with Crippen LogP contribution < -0.4 is 0 Å². The Labute approximate surface area is 96.1 Å². The van der Waals surface area contributed by atoms with E-state index in [1.54, 1.807) is 0 Å². The van der Waals surface area contributed by atoms with Gasteiger partial charge in [-0.25, -0.2) is 0 Å². The molecule has 1 heterocycles. The molecule has 0 atom stereocenters. The Kier molecular flexibility index (Phi) is 4.51. The zero-order valence-electron chi connectivity index (χ0n) is 9.24. The fourth-order valence-corrected chi connectivity index (χ4v) is 3.57. The molecule has 0 spiro atoms. The zero-order valence-corrected chi connectivity index (χ0v) is 10.1. The van der Waals surface area contributed by atoms with Crippen molar-refractivity contribution in [1.29, 1.82) is 0 Å². The van der Waals surface area contributed by atoms with Crippen molar-refractivity contribution in [2.24, 2.45) is 5.92 Å². The highest BCUT2D eigenvalue weighted by molar-refractivity contribution is 8.00. The summed E-state index contributed by atoms with van der Waals surface area (Å²) < 4.78 is 5.31. The fraction of sp³-hybridized carbons (Fsp3) is 0.917. The van der Waals surface area contributed by atoms with Gasteiger partial charge in [-0.2, -0.15) is 11.8 Å². The highest BCUT2D eigenvalue weighted by Gasteiger charge is 2.23. The van der Waals surface area contributed by atoms with Crippen molar-refractivity contribution in [3.63, 3.8) is 0 Å². The molecule has 0 aromatic rings. The average Bonchev–Trinajstić information content (AvgIpc) is 2.81. The molecule has 3 heteroatoms. The van der Waals surface area contributed by atoms with Gasteiger partial charge < -0.3 is 4.74 Å². The van der Waals surface area contributed by atoms with Crippen LogP contribution in [0.4, 0.5) is 0 Å². The topological polar surface area (TPSA) is 26.3 Å². The lowest BCUT2D eigenvalue weighted by molar-refractivity contribution is -0.120. The number of hydrogen-bond donors (Lipinski definition) is 0. The molecule has 1 saturated heterocycles. The number of ether oxygens (including phenoxy) is 1. The minimum atomic E-state index is 0.400. The van der Waals surface area contributed by atoms with Crippen LogP contribution in [-0.2, 0) is 9.53 Å². The van der Waals surface area contributed by atoms with Crippen molar-refractivity contribution in [3.8, 4) is 0 Å².